The molecule has 3 aromatic rings. The number of fused-ring (bicyclic) bond motifs is 1. The molecule has 4 heteroatoms. The molecule has 3 aromatic carbocycles. The van der Waals surface area contributed by atoms with Crippen molar-refractivity contribution in [3.8, 4) is 11.1 Å². The first-order valence-electron chi connectivity index (χ1n) is 9.62. The second kappa shape index (κ2) is 8.02. The van der Waals surface area contributed by atoms with Crippen LogP contribution in [0.5, 0.6) is 0 Å². The zero-order valence-corrected chi connectivity index (χ0v) is 16.6. The summed E-state index contributed by atoms with van der Waals surface area (Å²) in [6, 6.07) is 19.7. The van der Waals surface area contributed by atoms with Gasteiger partial charge in [0.2, 0.25) is 0 Å². The largest absolute Gasteiger partial charge is 0.322 e. The maximum absolute atomic E-state index is 13.1. The zero-order chi connectivity index (χ0) is 20.4. The molecule has 1 N–H and O–H groups in total. The molecule has 0 radical (unpaired) electrons. The number of anilines is 1. The third-order valence-corrected chi connectivity index (χ3v) is 5.02. The van der Waals surface area contributed by atoms with E-state index in [0.717, 1.165) is 29.8 Å². The highest BCUT2D eigenvalue weighted by Gasteiger charge is 2.15. The first-order chi connectivity index (χ1) is 14.0. The first-order valence-corrected chi connectivity index (χ1v) is 9.62. The molecule has 0 saturated carbocycles. The second-order valence-electron chi connectivity index (χ2n) is 7.67. The van der Waals surface area contributed by atoms with E-state index in [9.17, 15) is 9.18 Å². The van der Waals surface area contributed by atoms with Crippen LogP contribution in [0, 0.1) is 5.82 Å². The molecule has 0 unspecified atom stereocenters. The molecule has 0 bridgehead atoms. The van der Waals surface area contributed by atoms with Crippen molar-refractivity contribution in [3.63, 3.8) is 0 Å². The third kappa shape index (κ3) is 4.44. The summed E-state index contributed by atoms with van der Waals surface area (Å²) in [5, 5.41) is 2.99. The molecule has 1 amide bonds. The number of nitrogens with one attached hydrogen (secondary N) is 1. The monoisotopic (exact) mass is 386 g/mol. The van der Waals surface area contributed by atoms with Crippen LogP contribution in [0.3, 0.4) is 0 Å². The minimum absolute atomic E-state index is 0.143. The minimum atomic E-state index is -0.261. The number of nitrogens with zero attached hydrogens (tertiary/aromatic N) is 1. The van der Waals surface area contributed by atoms with E-state index >= 15 is 0 Å². The first kappa shape index (κ1) is 19.1. The van der Waals surface area contributed by atoms with E-state index in [1.807, 2.05) is 18.2 Å². The van der Waals surface area contributed by atoms with Gasteiger partial charge in [-0.2, -0.15) is 0 Å². The van der Waals surface area contributed by atoms with Crippen LogP contribution in [0.4, 0.5) is 10.1 Å². The molecular formula is C25H23FN2O. The standard InChI is InChI=1S/C25H23FN2O/c1-28(2)16-17-13-21-9-12-24(15-22(21)14-17)27-25(29)20-5-3-18(4-6-20)19-7-10-23(26)11-8-19/h3-13,15H,14,16H2,1-2H3,(H,27,29). The molecule has 4 rings (SSSR count). The lowest BCUT2D eigenvalue weighted by atomic mass is 10.0. The van der Waals surface area contributed by atoms with E-state index in [1.54, 1.807) is 24.3 Å². The molecule has 0 saturated heterocycles. The van der Waals surface area contributed by atoms with Gasteiger partial charge < -0.3 is 10.2 Å². The third-order valence-electron chi connectivity index (χ3n) is 5.02. The van der Waals surface area contributed by atoms with Crippen molar-refractivity contribution in [2.24, 2.45) is 0 Å². The molecule has 1 aliphatic carbocycles. The van der Waals surface area contributed by atoms with Crippen LogP contribution in [0.25, 0.3) is 17.2 Å². The van der Waals surface area contributed by atoms with E-state index in [1.165, 1.54) is 28.8 Å². The Balaban J connectivity index is 1.44. The molecule has 146 valence electrons. The molecule has 0 aromatic heterocycles. The Hall–Kier alpha value is -3.24. The lowest BCUT2D eigenvalue weighted by molar-refractivity contribution is 0.102. The van der Waals surface area contributed by atoms with Gasteiger partial charge in [0.25, 0.3) is 5.91 Å². The summed E-state index contributed by atoms with van der Waals surface area (Å²) in [5.41, 5.74) is 7.09. The van der Waals surface area contributed by atoms with Gasteiger partial charge in [0.15, 0.2) is 0 Å². The average molecular weight is 386 g/mol. The van der Waals surface area contributed by atoms with Gasteiger partial charge in [-0.1, -0.05) is 42.0 Å². The average Bonchev–Trinajstić information content (AvgIpc) is 3.09. The Morgan fingerprint density at radius 3 is 2.28 bits per heavy atom. The van der Waals surface area contributed by atoms with Crippen molar-refractivity contribution >= 4 is 17.7 Å². The molecule has 0 atom stereocenters. The normalized spacial score (nSPS) is 12.6. The summed E-state index contributed by atoms with van der Waals surface area (Å²) in [5.74, 6) is -0.404. The smallest absolute Gasteiger partial charge is 0.255 e. The Morgan fingerprint density at radius 2 is 1.62 bits per heavy atom. The second-order valence-corrected chi connectivity index (χ2v) is 7.67. The van der Waals surface area contributed by atoms with Crippen LogP contribution in [0.15, 0.2) is 72.3 Å². The summed E-state index contributed by atoms with van der Waals surface area (Å²) in [6.07, 6.45) is 3.15. The van der Waals surface area contributed by atoms with Gasteiger partial charge >= 0.3 is 0 Å². The minimum Gasteiger partial charge on any atom is -0.322 e. The predicted octanol–water partition coefficient (Wildman–Crippen LogP) is 5.25. The highest BCUT2D eigenvalue weighted by Crippen LogP contribution is 2.28. The van der Waals surface area contributed by atoms with Crippen molar-refractivity contribution in [3.05, 3.63) is 94.8 Å². The van der Waals surface area contributed by atoms with Crippen molar-refractivity contribution in [2.45, 2.75) is 6.42 Å². The Bertz CT molecular complexity index is 1070. The molecule has 3 nitrogen and oxygen atoms in total. The highest BCUT2D eigenvalue weighted by molar-refractivity contribution is 6.04. The molecule has 1 aliphatic rings. The van der Waals surface area contributed by atoms with Crippen molar-refractivity contribution < 1.29 is 9.18 Å². The number of carbonyl (C=O) groups is 1. The van der Waals surface area contributed by atoms with Crippen LogP contribution < -0.4 is 5.32 Å². The fraction of sp³-hybridized carbons (Fsp3) is 0.160. The van der Waals surface area contributed by atoms with Gasteiger partial charge in [-0.05, 0) is 79.2 Å². The topological polar surface area (TPSA) is 32.3 Å². The summed E-state index contributed by atoms with van der Waals surface area (Å²) in [6.45, 7) is 0.941. The van der Waals surface area contributed by atoms with Crippen LogP contribution in [-0.2, 0) is 6.42 Å². The summed E-state index contributed by atoms with van der Waals surface area (Å²) in [7, 11) is 4.13. The molecular weight excluding hydrogens is 363 g/mol. The van der Waals surface area contributed by atoms with E-state index in [2.05, 4.69) is 42.5 Å². The Morgan fingerprint density at radius 1 is 0.966 bits per heavy atom. The maximum atomic E-state index is 13.1. The van der Waals surface area contributed by atoms with Gasteiger partial charge in [0, 0.05) is 17.8 Å². The van der Waals surface area contributed by atoms with Gasteiger partial charge in [0.1, 0.15) is 5.82 Å². The van der Waals surface area contributed by atoms with Crippen LogP contribution in [-0.4, -0.2) is 31.4 Å². The van der Waals surface area contributed by atoms with E-state index in [4.69, 9.17) is 0 Å². The van der Waals surface area contributed by atoms with Crippen LogP contribution in [0.2, 0.25) is 0 Å². The number of rotatable bonds is 5. The summed E-state index contributed by atoms with van der Waals surface area (Å²) in [4.78, 5) is 14.8. The van der Waals surface area contributed by atoms with E-state index < -0.39 is 0 Å². The van der Waals surface area contributed by atoms with Gasteiger partial charge in [-0.25, -0.2) is 4.39 Å². The number of halogens is 1. The molecule has 0 spiro atoms. The Kier molecular flexibility index (Phi) is 5.28. The van der Waals surface area contributed by atoms with Crippen molar-refractivity contribution in [2.75, 3.05) is 26.0 Å². The van der Waals surface area contributed by atoms with Crippen LogP contribution >= 0.6 is 0 Å². The van der Waals surface area contributed by atoms with Crippen molar-refractivity contribution in [1.29, 1.82) is 0 Å². The molecule has 0 heterocycles. The lowest BCUT2D eigenvalue weighted by Crippen LogP contribution is -2.15. The number of benzene rings is 3. The number of likely N-dealkylation sites (N-methyl/N-ethyl adjacent to an activating group) is 1. The van der Waals surface area contributed by atoms with Gasteiger partial charge in [0.05, 0.1) is 0 Å². The zero-order valence-electron chi connectivity index (χ0n) is 16.6. The Labute approximate surface area is 170 Å². The summed E-state index contributed by atoms with van der Waals surface area (Å²) < 4.78 is 13.1. The van der Waals surface area contributed by atoms with Crippen molar-refractivity contribution in [1.82, 2.24) is 4.90 Å². The molecule has 0 aliphatic heterocycles. The molecule has 0 fully saturated rings. The maximum Gasteiger partial charge on any atom is 0.255 e. The summed E-state index contributed by atoms with van der Waals surface area (Å²) >= 11 is 0. The fourth-order valence-electron chi connectivity index (χ4n) is 3.66. The van der Waals surface area contributed by atoms with Crippen LogP contribution in [0.1, 0.15) is 21.5 Å². The number of amides is 1. The predicted molar refractivity (Wildman–Crippen MR) is 116 cm³/mol. The fourth-order valence-corrected chi connectivity index (χ4v) is 3.66. The molecule has 29 heavy (non-hydrogen) atoms. The lowest BCUT2D eigenvalue weighted by Gasteiger charge is -2.10. The van der Waals surface area contributed by atoms with Gasteiger partial charge in [-0.15, -0.1) is 0 Å². The number of carbonyl (C=O) groups excluding carboxylic acids is 1. The van der Waals surface area contributed by atoms with E-state index in [-0.39, 0.29) is 11.7 Å². The highest BCUT2D eigenvalue weighted by atomic mass is 19.1. The van der Waals surface area contributed by atoms with Gasteiger partial charge in [-0.3, -0.25) is 4.79 Å². The SMILES string of the molecule is CN(C)CC1=Cc2ccc(NC(=O)c3ccc(-c4ccc(F)cc4)cc3)cc2C1. The quantitative estimate of drug-likeness (QED) is 0.650. The van der Waals surface area contributed by atoms with E-state index in [0.29, 0.717) is 5.56 Å². The number of hydrogen-bond donors (Lipinski definition) is 1. The number of hydrogen-bond acceptors (Lipinski definition) is 2.